The molecule has 98 valence electrons. The quantitative estimate of drug-likeness (QED) is 0.858. The SMILES string of the molecule is Cc1ccc(NCC2(C(=O)O)CCC2)c(C)c1C. The Kier molecular flexibility index (Phi) is 3.33. The Morgan fingerprint density at radius 1 is 1.28 bits per heavy atom. The molecule has 18 heavy (non-hydrogen) atoms. The minimum Gasteiger partial charge on any atom is -0.481 e. The smallest absolute Gasteiger partial charge is 0.311 e. The summed E-state index contributed by atoms with van der Waals surface area (Å²) in [4.78, 5) is 11.3. The van der Waals surface area contributed by atoms with Crippen molar-refractivity contribution in [3.8, 4) is 0 Å². The molecule has 3 nitrogen and oxygen atoms in total. The highest BCUT2D eigenvalue weighted by Crippen LogP contribution is 2.41. The maximum absolute atomic E-state index is 11.3. The predicted molar refractivity (Wildman–Crippen MR) is 73.1 cm³/mol. The van der Waals surface area contributed by atoms with Crippen molar-refractivity contribution < 1.29 is 9.90 Å². The summed E-state index contributed by atoms with van der Waals surface area (Å²) in [6.07, 6.45) is 2.61. The lowest BCUT2D eigenvalue weighted by Crippen LogP contribution is -2.43. The zero-order chi connectivity index (χ0) is 13.3. The predicted octanol–water partition coefficient (Wildman–Crippen LogP) is 3.28. The second kappa shape index (κ2) is 4.63. The molecular weight excluding hydrogens is 226 g/mol. The third-order valence-electron chi connectivity index (χ3n) is 4.44. The van der Waals surface area contributed by atoms with Crippen molar-refractivity contribution >= 4 is 11.7 Å². The number of carboxylic acids is 1. The largest absolute Gasteiger partial charge is 0.481 e. The van der Waals surface area contributed by atoms with Crippen LogP contribution in [0.3, 0.4) is 0 Å². The molecule has 3 heteroatoms. The maximum Gasteiger partial charge on any atom is 0.311 e. The van der Waals surface area contributed by atoms with Crippen molar-refractivity contribution in [1.29, 1.82) is 0 Å². The molecule has 0 unspecified atom stereocenters. The Morgan fingerprint density at radius 3 is 2.44 bits per heavy atom. The summed E-state index contributed by atoms with van der Waals surface area (Å²) in [6.45, 7) is 6.81. The third-order valence-corrected chi connectivity index (χ3v) is 4.44. The molecule has 1 fully saturated rings. The van der Waals surface area contributed by atoms with E-state index in [0.29, 0.717) is 6.54 Å². The zero-order valence-electron chi connectivity index (χ0n) is 11.3. The van der Waals surface area contributed by atoms with Crippen LogP contribution in [0.25, 0.3) is 0 Å². The van der Waals surface area contributed by atoms with Gasteiger partial charge in [-0.3, -0.25) is 4.79 Å². The van der Waals surface area contributed by atoms with Crippen LogP contribution < -0.4 is 5.32 Å². The van der Waals surface area contributed by atoms with Crippen molar-refractivity contribution in [3.05, 3.63) is 28.8 Å². The van der Waals surface area contributed by atoms with Gasteiger partial charge in [-0.05, 0) is 56.4 Å². The van der Waals surface area contributed by atoms with E-state index in [9.17, 15) is 9.90 Å². The van der Waals surface area contributed by atoms with E-state index < -0.39 is 11.4 Å². The summed E-state index contributed by atoms with van der Waals surface area (Å²) in [5, 5.41) is 12.6. The van der Waals surface area contributed by atoms with E-state index in [4.69, 9.17) is 0 Å². The molecule has 1 aromatic rings. The van der Waals surface area contributed by atoms with Gasteiger partial charge >= 0.3 is 5.97 Å². The van der Waals surface area contributed by atoms with Crippen LogP contribution in [0, 0.1) is 26.2 Å². The number of hydrogen-bond donors (Lipinski definition) is 2. The topological polar surface area (TPSA) is 49.3 Å². The molecule has 0 spiro atoms. The van der Waals surface area contributed by atoms with Crippen molar-refractivity contribution in [2.24, 2.45) is 5.41 Å². The van der Waals surface area contributed by atoms with Crippen molar-refractivity contribution in [2.45, 2.75) is 40.0 Å². The maximum atomic E-state index is 11.3. The standard InChI is InChI=1S/C15H21NO2/c1-10-5-6-13(12(3)11(10)2)16-9-15(14(17)18)7-4-8-15/h5-6,16H,4,7-9H2,1-3H3,(H,17,18). The van der Waals surface area contributed by atoms with Gasteiger partial charge in [0.1, 0.15) is 0 Å². The number of rotatable bonds is 4. The lowest BCUT2D eigenvalue weighted by atomic mass is 9.68. The Hall–Kier alpha value is -1.51. The third kappa shape index (κ3) is 2.09. The highest BCUT2D eigenvalue weighted by molar-refractivity contribution is 5.76. The fraction of sp³-hybridized carbons (Fsp3) is 0.533. The number of carboxylic acid groups (broad SMARTS) is 1. The number of nitrogens with one attached hydrogen (secondary N) is 1. The molecule has 0 aliphatic heterocycles. The lowest BCUT2D eigenvalue weighted by Gasteiger charge is -2.38. The number of aryl methyl sites for hydroxylation is 1. The molecule has 0 atom stereocenters. The number of benzene rings is 1. The van der Waals surface area contributed by atoms with Crippen molar-refractivity contribution in [2.75, 3.05) is 11.9 Å². The van der Waals surface area contributed by atoms with Crippen molar-refractivity contribution in [1.82, 2.24) is 0 Å². The van der Waals surface area contributed by atoms with E-state index >= 15 is 0 Å². The van der Waals surface area contributed by atoms with E-state index in [-0.39, 0.29) is 0 Å². The molecule has 0 amide bonds. The summed E-state index contributed by atoms with van der Waals surface area (Å²) in [5.74, 6) is -0.664. The minimum absolute atomic E-state index is 0.533. The first-order chi connectivity index (χ1) is 8.46. The zero-order valence-corrected chi connectivity index (χ0v) is 11.3. The van der Waals surface area contributed by atoms with Crippen LogP contribution in [0.4, 0.5) is 5.69 Å². The Labute approximate surface area is 108 Å². The van der Waals surface area contributed by atoms with E-state index in [1.165, 1.54) is 16.7 Å². The molecule has 1 aliphatic carbocycles. The van der Waals surface area contributed by atoms with Crippen LogP contribution >= 0.6 is 0 Å². The molecular formula is C15H21NO2. The Bertz CT molecular complexity index is 476. The summed E-state index contributed by atoms with van der Waals surface area (Å²) in [5.41, 5.74) is 4.29. The summed E-state index contributed by atoms with van der Waals surface area (Å²) < 4.78 is 0. The van der Waals surface area contributed by atoms with Gasteiger partial charge < -0.3 is 10.4 Å². The summed E-state index contributed by atoms with van der Waals surface area (Å²) >= 11 is 0. The normalized spacial score (nSPS) is 17.1. The van der Waals surface area contributed by atoms with Gasteiger partial charge in [-0.25, -0.2) is 0 Å². The van der Waals surface area contributed by atoms with Gasteiger partial charge in [-0.1, -0.05) is 12.5 Å². The molecule has 0 heterocycles. The van der Waals surface area contributed by atoms with Crippen LogP contribution in [0.15, 0.2) is 12.1 Å². The lowest BCUT2D eigenvalue weighted by molar-refractivity contribution is -0.153. The van der Waals surface area contributed by atoms with Gasteiger partial charge in [-0.15, -0.1) is 0 Å². The number of anilines is 1. The first kappa shape index (κ1) is 12.9. The van der Waals surface area contributed by atoms with E-state index in [0.717, 1.165) is 24.9 Å². The number of aliphatic carboxylic acids is 1. The first-order valence-corrected chi connectivity index (χ1v) is 6.50. The molecule has 0 radical (unpaired) electrons. The average molecular weight is 247 g/mol. The van der Waals surface area contributed by atoms with Crippen molar-refractivity contribution in [3.63, 3.8) is 0 Å². The molecule has 0 bridgehead atoms. The molecule has 2 N–H and O–H groups in total. The van der Waals surface area contributed by atoms with Gasteiger partial charge in [0.15, 0.2) is 0 Å². The highest BCUT2D eigenvalue weighted by Gasteiger charge is 2.44. The van der Waals surface area contributed by atoms with Crippen LogP contribution in [-0.4, -0.2) is 17.6 Å². The van der Waals surface area contributed by atoms with E-state index in [1.54, 1.807) is 0 Å². The summed E-state index contributed by atoms with van der Waals surface area (Å²) in [6, 6.07) is 4.13. The molecule has 0 aromatic heterocycles. The van der Waals surface area contributed by atoms with Crippen LogP contribution in [-0.2, 0) is 4.79 Å². The monoisotopic (exact) mass is 247 g/mol. The fourth-order valence-electron chi connectivity index (χ4n) is 2.48. The second-order valence-corrected chi connectivity index (χ2v) is 5.47. The highest BCUT2D eigenvalue weighted by atomic mass is 16.4. The van der Waals surface area contributed by atoms with E-state index in [2.05, 4.69) is 32.2 Å². The molecule has 1 aliphatic rings. The van der Waals surface area contributed by atoms with E-state index in [1.807, 2.05) is 6.07 Å². The minimum atomic E-state index is -0.664. The number of hydrogen-bond acceptors (Lipinski definition) is 2. The van der Waals surface area contributed by atoms with Gasteiger partial charge in [0.25, 0.3) is 0 Å². The second-order valence-electron chi connectivity index (χ2n) is 5.47. The molecule has 1 saturated carbocycles. The summed E-state index contributed by atoms with van der Waals surface area (Å²) in [7, 11) is 0. The Morgan fingerprint density at radius 2 is 1.94 bits per heavy atom. The van der Waals surface area contributed by atoms with Crippen LogP contribution in [0.2, 0.25) is 0 Å². The number of carbonyl (C=O) groups is 1. The first-order valence-electron chi connectivity index (χ1n) is 6.50. The Balaban J connectivity index is 2.11. The molecule has 1 aromatic carbocycles. The van der Waals surface area contributed by atoms with Crippen LogP contribution in [0.1, 0.15) is 36.0 Å². The van der Waals surface area contributed by atoms with Gasteiger partial charge in [0.2, 0.25) is 0 Å². The fourth-order valence-corrected chi connectivity index (χ4v) is 2.48. The average Bonchev–Trinajstić information content (AvgIpc) is 2.27. The van der Waals surface area contributed by atoms with Gasteiger partial charge in [0, 0.05) is 12.2 Å². The molecule has 2 rings (SSSR count). The van der Waals surface area contributed by atoms with Gasteiger partial charge in [0.05, 0.1) is 5.41 Å². The van der Waals surface area contributed by atoms with Gasteiger partial charge in [-0.2, -0.15) is 0 Å². The van der Waals surface area contributed by atoms with Crippen LogP contribution in [0.5, 0.6) is 0 Å². The molecule has 0 saturated heterocycles.